The quantitative estimate of drug-likeness (QED) is 0.408. The summed E-state index contributed by atoms with van der Waals surface area (Å²) in [4.78, 5) is 4.30. The van der Waals surface area contributed by atoms with E-state index in [-0.39, 0.29) is 0 Å². The van der Waals surface area contributed by atoms with Crippen molar-refractivity contribution in [3.05, 3.63) is 0 Å². The number of nitrogens with zero attached hydrogens (tertiary/aromatic N) is 2. The molecule has 1 aliphatic carbocycles. The zero-order valence-electron chi connectivity index (χ0n) is 16.0. The van der Waals surface area contributed by atoms with Crippen molar-refractivity contribution in [2.24, 2.45) is 16.8 Å². The molecule has 0 aromatic rings. The molecule has 6 nitrogen and oxygen atoms in total. The van der Waals surface area contributed by atoms with Crippen LogP contribution in [0.3, 0.4) is 0 Å². The lowest BCUT2D eigenvalue weighted by Gasteiger charge is -2.30. The fourth-order valence-electron chi connectivity index (χ4n) is 3.98. The zero-order valence-corrected chi connectivity index (χ0v) is 16.8. The molecule has 0 atom stereocenters. The van der Waals surface area contributed by atoms with Crippen LogP contribution in [-0.2, 0) is 10.0 Å². The Balaban J connectivity index is 1.57. The first kappa shape index (κ1) is 20.5. The molecular formula is C18H36N4O2S. The van der Waals surface area contributed by atoms with Crippen LogP contribution in [0.15, 0.2) is 4.99 Å². The zero-order chi connectivity index (χ0) is 18.1. The van der Waals surface area contributed by atoms with Gasteiger partial charge in [-0.3, -0.25) is 4.99 Å². The average molecular weight is 373 g/mol. The summed E-state index contributed by atoms with van der Waals surface area (Å²) >= 11 is 0. The van der Waals surface area contributed by atoms with Gasteiger partial charge in [-0.25, -0.2) is 12.7 Å². The molecule has 7 heteroatoms. The van der Waals surface area contributed by atoms with Crippen LogP contribution in [0, 0.1) is 11.8 Å². The molecule has 0 aromatic carbocycles. The number of piperidine rings is 1. The molecule has 25 heavy (non-hydrogen) atoms. The maximum absolute atomic E-state index is 11.5. The number of sulfonamides is 1. The largest absolute Gasteiger partial charge is 0.356 e. The lowest BCUT2D eigenvalue weighted by Crippen LogP contribution is -2.44. The van der Waals surface area contributed by atoms with E-state index in [1.807, 2.05) is 7.05 Å². The highest BCUT2D eigenvalue weighted by atomic mass is 32.2. The second-order valence-corrected chi connectivity index (χ2v) is 9.61. The van der Waals surface area contributed by atoms with Crippen LogP contribution in [0.1, 0.15) is 57.8 Å². The molecule has 0 unspecified atom stereocenters. The summed E-state index contributed by atoms with van der Waals surface area (Å²) in [7, 11) is -1.22. The highest BCUT2D eigenvalue weighted by Gasteiger charge is 2.24. The molecule has 1 saturated carbocycles. The molecule has 2 fully saturated rings. The fraction of sp³-hybridized carbons (Fsp3) is 0.944. The molecule has 0 radical (unpaired) electrons. The van der Waals surface area contributed by atoms with Crippen molar-refractivity contribution in [3.8, 4) is 0 Å². The lowest BCUT2D eigenvalue weighted by molar-refractivity contribution is 0.274. The Morgan fingerprint density at radius 1 is 1.04 bits per heavy atom. The predicted molar refractivity (Wildman–Crippen MR) is 104 cm³/mol. The van der Waals surface area contributed by atoms with Crippen LogP contribution in [0.25, 0.3) is 0 Å². The van der Waals surface area contributed by atoms with Crippen molar-refractivity contribution in [2.75, 3.05) is 39.5 Å². The number of rotatable bonds is 7. The molecule has 2 rings (SSSR count). The van der Waals surface area contributed by atoms with E-state index in [4.69, 9.17) is 0 Å². The van der Waals surface area contributed by atoms with Gasteiger partial charge in [-0.2, -0.15) is 0 Å². The Kier molecular flexibility index (Phi) is 8.49. The number of nitrogens with one attached hydrogen (secondary N) is 2. The third kappa shape index (κ3) is 7.52. The van der Waals surface area contributed by atoms with E-state index >= 15 is 0 Å². The van der Waals surface area contributed by atoms with Crippen molar-refractivity contribution in [1.29, 1.82) is 0 Å². The molecule has 0 amide bonds. The summed E-state index contributed by atoms with van der Waals surface area (Å²) < 4.78 is 24.7. The normalized spacial score (nSPS) is 22.1. The Labute approximate surface area is 153 Å². The molecular weight excluding hydrogens is 336 g/mol. The predicted octanol–water partition coefficient (Wildman–Crippen LogP) is 2.18. The van der Waals surface area contributed by atoms with E-state index in [1.165, 1.54) is 51.2 Å². The molecule has 1 heterocycles. The fourth-order valence-corrected chi connectivity index (χ4v) is 4.85. The SMILES string of the molecule is CN=C(NCCCC1CCCCC1)NCC1CCN(S(C)(=O)=O)CC1. The van der Waals surface area contributed by atoms with E-state index < -0.39 is 10.0 Å². The van der Waals surface area contributed by atoms with Crippen LogP contribution in [0.5, 0.6) is 0 Å². The van der Waals surface area contributed by atoms with Gasteiger partial charge >= 0.3 is 0 Å². The van der Waals surface area contributed by atoms with E-state index in [1.54, 1.807) is 4.31 Å². The summed E-state index contributed by atoms with van der Waals surface area (Å²) in [6.07, 6.45) is 12.7. The van der Waals surface area contributed by atoms with Crippen LogP contribution < -0.4 is 10.6 Å². The van der Waals surface area contributed by atoms with Crippen molar-refractivity contribution in [3.63, 3.8) is 0 Å². The molecule has 0 bridgehead atoms. The van der Waals surface area contributed by atoms with Crippen molar-refractivity contribution in [1.82, 2.24) is 14.9 Å². The minimum atomic E-state index is -3.03. The van der Waals surface area contributed by atoms with Crippen LogP contribution in [0.2, 0.25) is 0 Å². The van der Waals surface area contributed by atoms with Gasteiger partial charge in [0.2, 0.25) is 10.0 Å². The van der Waals surface area contributed by atoms with Crippen molar-refractivity contribution < 1.29 is 8.42 Å². The van der Waals surface area contributed by atoms with E-state index in [0.717, 1.165) is 37.8 Å². The second kappa shape index (κ2) is 10.4. The van der Waals surface area contributed by atoms with Gasteiger partial charge in [-0.15, -0.1) is 0 Å². The summed E-state index contributed by atoms with van der Waals surface area (Å²) in [5.74, 6) is 2.32. The first-order valence-electron chi connectivity index (χ1n) is 9.88. The van der Waals surface area contributed by atoms with Gasteiger partial charge < -0.3 is 10.6 Å². The number of aliphatic imine (C=N–C) groups is 1. The highest BCUT2D eigenvalue weighted by molar-refractivity contribution is 7.88. The van der Waals surface area contributed by atoms with Crippen molar-refractivity contribution >= 4 is 16.0 Å². The smallest absolute Gasteiger partial charge is 0.211 e. The standard InChI is InChI=1S/C18H36N4O2S/c1-19-18(20-12-6-9-16-7-4-3-5-8-16)21-15-17-10-13-22(14-11-17)25(2,23)24/h16-17H,3-15H2,1-2H3,(H2,19,20,21). The Morgan fingerprint density at radius 2 is 1.72 bits per heavy atom. The first-order valence-corrected chi connectivity index (χ1v) is 11.7. The van der Waals surface area contributed by atoms with Gasteiger partial charge in [0.1, 0.15) is 0 Å². The Morgan fingerprint density at radius 3 is 2.32 bits per heavy atom. The molecule has 1 saturated heterocycles. The maximum Gasteiger partial charge on any atom is 0.211 e. The van der Waals surface area contributed by atoms with Gasteiger partial charge in [0.05, 0.1) is 6.26 Å². The number of guanidine groups is 1. The molecule has 146 valence electrons. The molecule has 0 aromatic heterocycles. The molecule has 2 aliphatic rings. The summed E-state index contributed by atoms with van der Waals surface area (Å²) in [5, 5.41) is 6.82. The van der Waals surface area contributed by atoms with E-state index in [0.29, 0.717) is 19.0 Å². The molecule has 0 spiro atoms. The highest BCUT2D eigenvalue weighted by Crippen LogP contribution is 2.26. The van der Waals surface area contributed by atoms with Crippen LogP contribution >= 0.6 is 0 Å². The minimum Gasteiger partial charge on any atom is -0.356 e. The van der Waals surface area contributed by atoms with Crippen molar-refractivity contribution in [2.45, 2.75) is 57.8 Å². The van der Waals surface area contributed by atoms with E-state index in [9.17, 15) is 8.42 Å². The first-order chi connectivity index (χ1) is 12.0. The number of hydrogen-bond donors (Lipinski definition) is 2. The third-order valence-electron chi connectivity index (χ3n) is 5.63. The second-order valence-electron chi connectivity index (χ2n) is 7.63. The summed E-state index contributed by atoms with van der Waals surface area (Å²) in [6, 6.07) is 0. The monoisotopic (exact) mass is 372 g/mol. The minimum absolute atomic E-state index is 0.513. The van der Waals surface area contributed by atoms with Crippen LogP contribution in [-0.4, -0.2) is 58.2 Å². The van der Waals surface area contributed by atoms with Gasteiger partial charge in [-0.05, 0) is 37.5 Å². The Bertz CT molecular complexity index is 507. The van der Waals surface area contributed by atoms with Gasteiger partial charge in [-0.1, -0.05) is 32.1 Å². The maximum atomic E-state index is 11.5. The lowest BCUT2D eigenvalue weighted by atomic mass is 9.86. The van der Waals surface area contributed by atoms with E-state index in [2.05, 4.69) is 15.6 Å². The topological polar surface area (TPSA) is 73.8 Å². The average Bonchev–Trinajstić information content (AvgIpc) is 2.61. The summed E-state index contributed by atoms with van der Waals surface area (Å²) in [5.41, 5.74) is 0. The molecule has 2 N–H and O–H groups in total. The van der Waals surface area contributed by atoms with Gasteiger partial charge in [0.25, 0.3) is 0 Å². The van der Waals surface area contributed by atoms with Gasteiger partial charge in [0.15, 0.2) is 5.96 Å². The summed E-state index contributed by atoms with van der Waals surface area (Å²) in [6.45, 7) is 3.11. The van der Waals surface area contributed by atoms with Gasteiger partial charge in [0, 0.05) is 33.2 Å². The van der Waals surface area contributed by atoms with Crippen LogP contribution in [0.4, 0.5) is 0 Å². The third-order valence-corrected chi connectivity index (χ3v) is 6.93. The molecule has 1 aliphatic heterocycles. The number of hydrogen-bond acceptors (Lipinski definition) is 3. The Hall–Kier alpha value is -0.820.